The fourth-order valence-corrected chi connectivity index (χ4v) is 3.56. The van der Waals surface area contributed by atoms with E-state index in [0.29, 0.717) is 6.04 Å². The van der Waals surface area contributed by atoms with Gasteiger partial charge in [0.05, 0.1) is 6.04 Å². The number of hydrogen-bond acceptors (Lipinski definition) is 3. The van der Waals surface area contributed by atoms with Crippen molar-refractivity contribution in [3.8, 4) is 0 Å². The number of rotatable bonds is 7. The molecular weight excluding hydrogens is 320 g/mol. The zero-order valence-electron chi connectivity index (χ0n) is 12.3. The van der Waals surface area contributed by atoms with Crippen molar-refractivity contribution in [3.63, 3.8) is 0 Å². The quantitative estimate of drug-likeness (QED) is 0.812. The van der Waals surface area contributed by atoms with Crippen LogP contribution in [0.4, 0.5) is 0 Å². The lowest BCUT2D eigenvalue weighted by Gasteiger charge is -2.37. The summed E-state index contributed by atoms with van der Waals surface area (Å²) < 4.78 is 1.15. The van der Waals surface area contributed by atoms with E-state index in [4.69, 9.17) is 5.73 Å². The molecule has 0 heterocycles. The molecule has 0 saturated carbocycles. The van der Waals surface area contributed by atoms with Crippen LogP contribution in [0, 0.1) is 0 Å². The van der Waals surface area contributed by atoms with Crippen molar-refractivity contribution >= 4 is 27.7 Å². The molecule has 1 rings (SSSR count). The molecule has 0 amide bonds. The third kappa shape index (κ3) is 4.48. The molecule has 0 spiro atoms. The molecule has 2 N–H and O–H groups in total. The van der Waals surface area contributed by atoms with E-state index in [1.54, 1.807) is 0 Å². The van der Waals surface area contributed by atoms with Crippen molar-refractivity contribution in [2.45, 2.75) is 38.4 Å². The molecule has 3 unspecified atom stereocenters. The molecule has 0 radical (unpaired) electrons. The molecule has 2 nitrogen and oxygen atoms in total. The Labute approximate surface area is 130 Å². The minimum Gasteiger partial charge on any atom is -0.326 e. The molecule has 0 bridgehead atoms. The topological polar surface area (TPSA) is 29.3 Å². The van der Waals surface area contributed by atoms with Gasteiger partial charge >= 0.3 is 0 Å². The molecule has 0 aliphatic heterocycles. The molecule has 0 aliphatic carbocycles. The van der Waals surface area contributed by atoms with Gasteiger partial charge in [-0.25, -0.2) is 0 Å². The van der Waals surface area contributed by atoms with Gasteiger partial charge in [-0.15, -0.1) is 0 Å². The van der Waals surface area contributed by atoms with E-state index in [1.807, 2.05) is 17.8 Å². The number of nitrogens with two attached hydrogens (primary N) is 1. The predicted molar refractivity (Wildman–Crippen MR) is 90.8 cm³/mol. The van der Waals surface area contributed by atoms with Crippen LogP contribution in [0.15, 0.2) is 28.7 Å². The Balaban J connectivity index is 3.05. The molecule has 108 valence electrons. The molecule has 1 aromatic carbocycles. The predicted octanol–water partition coefficient (Wildman–Crippen LogP) is 3.91. The van der Waals surface area contributed by atoms with Crippen LogP contribution in [-0.4, -0.2) is 36.0 Å². The molecule has 3 atom stereocenters. The fraction of sp³-hybridized carbons (Fsp3) is 0.600. The molecule has 4 heteroatoms. The molecule has 0 saturated heterocycles. The Bertz CT molecular complexity index is 386. The summed E-state index contributed by atoms with van der Waals surface area (Å²) in [4.78, 5) is 2.41. The number of hydrogen-bond donors (Lipinski definition) is 1. The first-order valence-electron chi connectivity index (χ1n) is 6.73. The van der Waals surface area contributed by atoms with Gasteiger partial charge in [-0.3, -0.25) is 4.90 Å². The van der Waals surface area contributed by atoms with Gasteiger partial charge in [-0.2, -0.15) is 11.8 Å². The third-order valence-electron chi connectivity index (χ3n) is 3.64. The van der Waals surface area contributed by atoms with Crippen LogP contribution in [0.2, 0.25) is 0 Å². The Morgan fingerprint density at radius 3 is 2.53 bits per heavy atom. The normalized spacial score (nSPS) is 16.4. The lowest BCUT2D eigenvalue weighted by atomic mass is 9.96. The second-order valence-electron chi connectivity index (χ2n) is 5.01. The highest BCUT2D eigenvalue weighted by Crippen LogP contribution is 2.31. The van der Waals surface area contributed by atoms with Crippen LogP contribution in [-0.2, 0) is 0 Å². The van der Waals surface area contributed by atoms with Crippen LogP contribution in [0.5, 0.6) is 0 Å². The molecule has 0 aliphatic rings. The van der Waals surface area contributed by atoms with Gasteiger partial charge < -0.3 is 5.73 Å². The van der Waals surface area contributed by atoms with Gasteiger partial charge in [-0.1, -0.05) is 41.1 Å². The van der Waals surface area contributed by atoms with E-state index in [1.165, 1.54) is 5.56 Å². The summed E-state index contributed by atoms with van der Waals surface area (Å²) in [5.41, 5.74) is 7.67. The lowest BCUT2D eigenvalue weighted by Crippen LogP contribution is -2.44. The number of benzene rings is 1. The summed E-state index contributed by atoms with van der Waals surface area (Å²) in [5, 5.41) is 0. The summed E-state index contributed by atoms with van der Waals surface area (Å²) in [6.45, 7) is 4.42. The average molecular weight is 345 g/mol. The zero-order chi connectivity index (χ0) is 14.4. The number of halogens is 1. The highest BCUT2D eigenvalue weighted by Gasteiger charge is 2.27. The fourth-order valence-electron chi connectivity index (χ4n) is 2.32. The first kappa shape index (κ1) is 17.0. The highest BCUT2D eigenvalue weighted by molar-refractivity contribution is 9.10. The monoisotopic (exact) mass is 344 g/mol. The van der Waals surface area contributed by atoms with Crippen molar-refractivity contribution in [1.29, 1.82) is 0 Å². The SMILES string of the molecule is CCC(N)C(c1ccccc1Br)N(C)C(C)CSC. The summed E-state index contributed by atoms with van der Waals surface area (Å²) in [6.07, 6.45) is 3.12. The lowest BCUT2D eigenvalue weighted by molar-refractivity contribution is 0.170. The second-order valence-corrected chi connectivity index (χ2v) is 6.77. The van der Waals surface area contributed by atoms with E-state index < -0.39 is 0 Å². The van der Waals surface area contributed by atoms with Crippen LogP contribution in [0.1, 0.15) is 31.9 Å². The number of nitrogens with zero attached hydrogens (tertiary/aromatic N) is 1. The highest BCUT2D eigenvalue weighted by atomic mass is 79.9. The zero-order valence-corrected chi connectivity index (χ0v) is 14.7. The van der Waals surface area contributed by atoms with E-state index in [-0.39, 0.29) is 12.1 Å². The van der Waals surface area contributed by atoms with Crippen LogP contribution in [0.25, 0.3) is 0 Å². The van der Waals surface area contributed by atoms with Gasteiger partial charge in [0.2, 0.25) is 0 Å². The van der Waals surface area contributed by atoms with Crippen molar-refractivity contribution < 1.29 is 0 Å². The molecule has 1 aromatic rings. The smallest absolute Gasteiger partial charge is 0.0510 e. The van der Waals surface area contributed by atoms with Crippen molar-refractivity contribution in [2.75, 3.05) is 19.1 Å². The van der Waals surface area contributed by atoms with Crippen LogP contribution >= 0.6 is 27.7 Å². The minimum atomic E-state index is 0.146. The maximum atomic E-state index is 6.38. The molecule has 19 heavy (non-hydrogen) atoms. The van der Waals surface area contributed by atoms with Gasteiger partial charge in [0.1, 0.15) is 0 Å². The average Bonchev–Trinajstić information content (AvgIpc) is 2.41. The number of likely N-dealkylation sites (N-methyl/N-ethyl adjacent to an activating group) is 1. The standard InChI is InChI=1S/C15H25BrN2S/c1-5-14(17)15(18(3)11(2)10-19-4)12-8-6-7-9-13(12)16/h6-9,11,14-15H,5,10,17H2,1-4H3. The second kappa shape index (κ2) is 8.30. The Morgan fingerprint density at radius 2 is 2.00 bits per heavy atom. The third-order valence-corrected chi connectivity index (χ3v) is 5.18. The van der Waals surface area contributed by atoms with Gasteiger partial charge in [-0.05, 0) is 38.3 Å². The summed E-state index contributed by atoms with van der Waals surface area (Å²) in [6, 6.07) is 9.31. The molecule has 0 fully saturated rings. The molecule has 0 aromatic heterocycles. The maximum Gasteiger partial charge on any atom is 0.0510 e. The minimum absolute atomic E-state index is 0.146. The van der Waals surface area contributed by atoms with Gasteiger partial charge in [0.25, 0.3) is 0 Å². The summed E-state index contributed by atoms with van der Waals surface area (Å²) >= 11 is 5.54. The van der Waals surface area contributed by atoms with Crippen LogP contribution < -0.4 is 5.73 Å². The van der Waals surface area contributed by atoms with Crippen molar-refractivity contribution in [1.82, 2.24) is 4.90 Å². The summed E-state index contributed by atoms with van der Waals surface area (Å²) in [7, 11) is 2.18. The van der Waals surface area contributed by atoms with Crippen LogP contribution in [0.3, 0.4) is 0 Å². The largest absolute Gasteiger partial charge is 0.326 e. The Hall–Kier alpha value is -0.0300. The van der Waals surface area contributed by atoms with E-state index in [2.05, 4.69) is 66.2 Å². The number of thioether (sulfide) groups is 1. The first-order chi connectivity index (χ1) is 9.02. The van der Waals surface area contributed by atoms with Gasteiger partial charge in [0, 0.05) is 22.3 Å². The van der Waals surface area contributed by atoms with E-state index >= 15 is 0 Å². The van der Waals surface area contributed by atoms with E-state index in [0.717, 1.165) is 16.6 Å². The van der Waals surface area contributed by atoms with Crippen molar-refractivity contribution in [3.05, 3.63) is 34.3 Å². The molecular formula is C15H25BrN2S. The summed E-state index contributed by atoms with van der Waals surface area (Å²) in [5.74, 6) is 1.12. The maximum absolute atomic E-state index is 6.38. The van der Waals surface area contributed by atoms with E-state index in [9.17, 15) is 0 Å². The Kier molecular flexibility index (Phi) is 7.44. The van der Waals surface area contributed by atoms with Crippen molar-refractivity contribution in [2.24, 2.45) is 5.73 Å². The van der Waals surface area contributed by atoms with Gasteiger partial charge in [0.15, 0.2) is 0 Å². The Morgan fingerprint density at radius 1 is 1.37 bits per heavy atom. The first-order valence-corrected chi connectivity index (χ1v) is 8.92.